The fraction of sp³-hybridized carbons (Fsp3) is 0. The van der Waals surface area contributed by atoms with Crippen LogP contribution < -0.4 is 4.72 Å². The van der Waals surface area contributed by atoms with E-state index in [4.69, 9.17) is 0 Å². The lowest BCUT2D eigenvalue weighted by Crippen LogP contribution is -2.15. The number of nitrogens with one attached hydrogen (secondary N) is 1. The zero-order valence-electron chi connectivity index (χ0n) is 17.4. The lowest BCUT2D eigenvalue weighted by molar-refractivity contribution is 0.469. The normalized spacial score (nSPS) is 11.7. The van der Waals surface area contributed by atoms with Gasteiger partial charge in [-0.25, -0.2) is 17.2 Å². The van der Waals surface area contributed by atoms with E-state index in [9.17, 15) is 22.3 Å². The highest BCUT2D eigenvalue weighted by molar-refractivity contribution is 7.99. The molecule has 0 atom stereocenters. The van der Waals surface area contributed by atoms with Gasteiger partial charge in [0.25, 0.3) is 10.0 Å². The predicted molar refractivity (Wildman–Crippen MR) is 129 cm³/mol. The Balaban J connectivity index is 1.64. The van der Waals surface area contributed by atoms with E-state index in [1.54, 1.807) is 30.5 Å². The Morgan fingerprint density at radius 1 is 0.853 bits per heavy atom. The number of aromatic nitrogens is 1. The molecule has 0 aliphatic carbocycles. The van der Waals surface area contributed by atoms with Crippen LogP contribution in [0.5, 0.6) is 5.75 Å². The van der Waals surface area contributed by atoms with Gasteiger partial charge in [0.05, 0.1) is 16.1 Å². The van der Waals surface area contributed by atoms with Crippen LogP contribution in [0.4, 0.5) is 14.5 Å². The molecule has 0 amide bonds. The van der Waals surface area contributed by atoms with E-state index >= 15 is 0 Å². The molecule has 0 radical (unpaired) electrons. The van der Waals surface area contributed by atoms with Gasteiger partial charge in [-0.15, -0.1) is 0 Å². The molecule has 1 heterocycles. The minimum Gasteiger partial charge on any atom is -0.506 e. The molecule has 2 N–H and O–H groups in total. The number of hydrogen-bond donors (Lipinski definition) is 2. The molecule has 5 aromatic rings. The highest BCUT2D eigenvalue weighted by atomic mass is 32.2. The van der Waals surface area contributed by atoms with Gasteiger partial charge >= 0.3 is 0 Å². The van der Waals surface area contributed by atoms with Crippen molar-refractivity contribution in [2.45, 2.75) is 14.7 Å². The predicted octanol–water partition coefficient (Wildman–Crippen LogP) is 6.32. The molecule has 34 heavy (non-hydrogen) atoms. The molecule has 0 fully saturated rings. The molecule has 9 heteroatoms. The van der Waals surface area contributed by atoms with Crippen LogP contribution in [0, 0.1) is 11.6 Å². The van der Waals surface area contributed by atoms with E-state index in [0.29, 0.717) is 21.7 Å². The first-order valence-corrected chi connectivity index (χ1v) is 12.4. The van der Waals surface area contributed by atoms with E-state index in [2.05, 4.69) is 9.71 Å². The number of halogens is 2. The monoisotopic (exact) mass is 494 g/mol. The second kappa shape index (κ2) is 8.58. The van der Waals surface area contributed by atoms with E-state index in [-0.39, 0.29) is 11.4 Å². The van der Waals surface area contributed by atoms with Crippen molar-refractivity contribution in [1.29, 1.82) is 0 Å². The van der Waals surface area contributed by atoms with Crippen LogP contribution in [0.1, 0.15) is 0 Å². The summed E-state index contributed by atoms with van der Waals surface area (Å²) in [6, 6.07) is 19.7. The summed E-state index contributed by atoms with van der Waals surface area (Å²) in [7, 11) is -4.46. The summed E-state index contributed by atoms with van der Waals surface area (Å²) in [5, 5.41) is 12.7. The Morgan fingerprint density at radius 3 is 2.44 bits per heavy atom. The topological polar surface area (TPSA) is 79.3 Å². The number of para-hydroxylation sites is 1. The SMILES string of the molecule is O=S(=O)(Nc1cc(Sc2cccc3cccnc23)c(O)c2ccccc12)c1cc(F)ccc1F. The Bertz CT molecular complexity index is 1670. The van der Waals surface area contributed by atoms with Crippen molar-refractivity contribution in [3.8, 4) is 5.75 Å². The van der Waals surface area contributed by atoms with E-state index in [1.165, 1.54) is 17.8 Å². The number of rotatable bonds is 5. The molecule has 0 aliphatic heterocycles. The Kier molecular flexibility index (Phi) is 5.59. The first-order chi connectivity index (χ1) is 16.3. The maximum atomic E-state index is 14.2. The van der Waals surface area contributed by atoms with Gasteiger partial charge in [0.15, 0.2) is 0 Å². The molecular formula is C25H16F2N2O3S2. The molecule has 4 aromatic carbocycles. The number of phenolic OH excluding ortho intramolecular Hbond substituents is 1. The maximum Gasteiger partial charge on any atom is 0.264 e. The van der Waals surface area contributed by atoms with Gasteiger partial charge in [0.1, 0.15) is 22.3 Å². The van der Waals surface area contributed by atoms with Crippen LogP contribution in [0.3, 0.4) is 0 Å². The summed E-state index contributed by atoms with van der Waals surface area (Å²) >= 11 is 1.22. The Labute approximate surface area is 198 Å². The molecular weight excluding hydrogens is 478 g/mol. The number of phenols is 1. The van der Waals surface area contributed by atoms with Crippen LogP contribution in [0.2, 0.25) is 0 Å². The van der Waals surface area contributed by atoms with Gasteiger partial charge in [-0.05, 0) is 36.4 Å². The molecule has 5 nitrogen and oxygen atoms in total. The van der Waals surface area contributed by atoms with Crippen LogP contribution in [-0.2, 0) is 10.0 Å². The quantitative estimate of drug-likeness (QED) is 0.279. The van der Waals surface area contributed by atoms with Crippen molar-refractivity contribution < 1.29 is 22.3 Å². The van der Waals surface area contributed by atoms with Crippen LogP contribution in [-0.4, -0.2) is 18.5 Å². The molecule has 170 valence electrons. The second-order valence-electron chi connectivity index (χ2n) is 7.43. The van der Waals surface area contributed by atoms with Gasteiger partial charge < -0.3 is 5.11 Å². The molecule has 0 spiro atoms. The number of aromatic hydroxyl groups is 1. The molecule has 0 unspecified atom stereocenters. The maximum absolute atomic E-state index is 14.2. The smallest absolute Gasteiger partial charge is 0.264 e. The minimum atomic E-state index is -4.46. The van der Waals surface area contributed by atoms with Crippen LogP contribution >= 0.6 is 11.8 Å². The number of nitrogens with zero attached hydrogens (tertiary/aromatic N) is 1. The zero-order chi connectivity index (χ0) is 23.9. The first kappa shape index (κ1) is 22.1. The van der Waals surface area contributed by atoms with Crippen molar-refractivity contribution in [2.75, 3.05) is 4.72 Å². The fourth-order valence-corrected chi connectivity index (χ4v) is 5.85. The van der Waals surface area contributed by atoms with Gasteiger partial charge in [-0.2, -0.15) is 0 Å². The van der Waals surface area contributed by atoms with Gasteiger partial charge in [0.2, 0.25) is 0 Å². The largest absolute Gasteiger partial charge is 0.506 e. The van der Waals surface area contributed by atoms with E-state index in [1.807, 2.05) is 30.3 Å². The molecule has 1 aromatic heterocycles. The molecule has 0 saturated heterocycles. The minimum absolute atomic E-state index is 0.0339. The lowest BCUT2D eigenvalue weighted by Gasteiger charge is -2.15. The van der Waals surface area contributed by atoms with Gasteiger partial charge in [0, 0.05) is 27.3 Å². The summed E-state index contributed by atoms with van der Waals surface area (Å²) in [5.41, 5.74) is 0.847. The van der Waals surface area contributed by atoms with Gasteiger partial charge in [-0.3, -0.25) is 9.71 Å². The summed E-state index contributed by atoms with van der Waals surface area (Å²) in [6.45, 7) is 0. The molecule has 0 aliphatic rings. The number of sulfonamides is 1. The molecule has 0 bridgehead atoms. The lowest BCUT2D eigenvalue weighted by atomic mass is 10.1. The van der Waals surface area contributed by atoms with E-state index < -0.39 is 26.6 Å². The number of anilines is 1. The number of hydrogen-bond acceptors (Lipinski definition) is 5. The van der Waals surface area contributed by atoms with Crippen molar-refractivity contribution >= 4 is 49.1 Å². The van der Waals surface area contributed by atoms with Gasteiger partial charge in [-0.1, -0.05) is 54.2 Å². The zero-order valence-corrected chi connectivity index (χ0v) is 19.0. The molecule has 5 rings (SSSR count). The number of fused-ring (bicyclic) bond motifs is 2. The third-order valence-corrected chi connectivity index (χ3v) is 7.68. The van der Waals surface area contributed by atoms with Crippen molar-refractivity contribution in [3.05, 3.63) is 96.7 Å². The van der Waals surface area contributed by atoms with Crippen molar-refractivity contribution in [1.82, 2.24) is 4.98 Å². The van der Waals surface area contributed by atoms with Crippen LogP contribution in [0.15, 0.2) is 99.7 Å². The Morgan fingerprint density at radius 2 is 1.62 bits per heavy atom. The average Bonchev–Trinajstić information content (AvgIpc) is 2.83. The van der Waals surface area contributed by atoms with Crippen molar-refractivity contribution in [2.24, 2.45) is 0 Å². The number of benzene rings is 4. The summed E-state index contributed by atoms with van der Waals surface area (Å²) in [6.07, 6.45) is 1.67. The average molecular weight is 495 g/mol. The highest BCUT2D eigenvalue weighted by Crippen LogP contribution is 2.44. The second-order valence-corrected chi connectivity index (χ2v) is 10.2. The van der Waals surface area contributed by atoms with Crippen molar-refractivity contribution in [3.63, 3.8) is 0 Å². The first-order valence-electron chi connectivity index (χ1n) is 10.1. The fourth-order valence-electron chi connectivity index (χ4n) is 3.66. The van der Waals surface area contributed by atoms with E-state index in [0.717, 1.165) is 27.9 Å². The summed E-state index contributed by atoms with van der Waals surface area (Å²) in [5.74, 6) is -1.99. The summed E-state index contributed by atoms with van der Waals surface area (Å²) < 4.78 is 56.1. The Hall–Kier alpha value is -3.69. The third-order valence-electron chi connectivity index (χ3n) is 5.22. The van der Waals surface area contributed by atoms with Crippen LogP contribution in [0.25, 0.3) is 21.7 Å². The highest BCUT2D eigenvalue weighted by Gasteiger charge is 2.23. The molecule has 0 saturated carbocycles. The third kappa shape index (κ3) is 4.04. The summed E-state index contributed by atoms with van der Waals surface area (Å²) in [4.78, 5) is 4.74. The standard InChI is InChI=1S/C25H16F2N2O3S2/c26-16-10-11-19(27)23(13-16)34(31,32)29-20-14-22(25(30)18-8-2-1-7-17(18)20)33-21-9-3-5-15-6-4-12-28-24(15)21/h1-14,29-30H. The number of pyridine rings is 1.